The van der Waals surface area contributed by atoms with Crippen molar-refractivity contribution in [3.05, 3.63) is 63.2 Å². The Hall–Kier alpha value is -2.84. The number of ether oxygens (including phenoxy) is 1. The van der Waals surface area contributed by atoms with E-state index in [9.17, 15) is 14.8 Å². The highest BCUT2D eigenvalue weighted by Gasteiger charge is 2.37. The maximum atomic E-state index is 13.0. The van der Waals surface area contributed by atoms with Gasteiger partial charge in [0.1, 0.15) is 11.4 Å². The molecule has 0 aliphatic carbocycles. The van der Waals surface area contributed by atoms with Crippen LogP contribution in [-0.4, -0.2) is 40.8 Å². The minimum Gasteiger partial charge on any atom is -0.733 e. The van der Waals surface area contributed by atoms with Crippen molar-refractivity contribution in [2.24, 2.45) is 5.92 Å². The molecule has 2 atom stereocenters. The third-order valence-electron chi connectivity index (χ3n) is 5.41. The molecule has 4 rings (SSSR count). The molecule has 1 aromatic heterocycles. The van der Waals surface area contributed by atoms with Gasteiger partial charge < -0.3 is 24.6 Å². The molecule has 2 aliphatic rings. The number of carbonyl (C=O) groups is 1. The Morgan fingerprint density at radius 1 is 1.22 bits per heavy atom. The van der Waals surface area contributed by atoms with Crippen molar-refractivity contribution in [1.29, 1.82) is 0 Å². The van der Waals surface area contributed by atoms with Gasteiger partial charge >= 0.3 is 0 Å². The standard InChI is InChI=1S/C19H20N3O5/c1-27-17-5-3-2-4-14(17)18(23)20-9-12-8-13(11-20)15-6-7-16(22(25)26)19(24)21(15)10-12/h2-7,12-13,25H,8-11H2,1H3/q-1/t12-,13-/m0/s1. The first-order valence-corrected chi connectivity index (χ1v) is 8.81. The Morgan fingerprint density at radius 2 is 2.00 bits per heavy atom. The highest BCUT2D eigenvalue weighted by Crippen LogP contribution is 2.36. The van der Waals surface area contributed by atoms with Crippen LogP contribution >= 0.6 is 0 Å². The first-order chi connectivity index (χ1) is 13.0. The molecule has 1 N–H and O–H groups in total. The van der Waals surface area contributed by atoms with E-state index >= 15 is 0 Å². The van der Waals surface area contributed by atoms with Crippen LogP contribution < -0.4 is 15.5 Å². The number of carbonyl (C=O) groups excluding carboxylic acids is 1. The molecule has 27 heavy (non-hydrogen) atoms. The number of aromatic nitrogens is 1. The average Bonchev–Trinajstić information content (AvgIpc) is 2.67. The summed E-state index contributed by atoms with van der Waals surface area (Å²) in [5, 5.41) is 19.9. The first kappa shape index (κ1) is 17.6. The topological polar surface area (TPSA) is 98.1 Å². The third kappa shape index (κ3) is 2.96. The van der Waals surface area contributed by atoms with Crippen LogP contribution in [0.4, 0.5) is 5.69 Å². The minimum atomic E-state index is -0.496. The van der Waals surface area contributed by atoms with Crippen LogP contribution in [0.5, 0.6) is 5.75 Å². The summed E-state index contributed by atoms with van der Waals surface area (Å²) in [5.41, 5.74) is 0.527. The molecule has 8 nitrogen and oxygen atoms in total. The second-order valence-corrected chi connectivity index (χ2v) is 7.04. The van der Waals surface area contributed by atoms with Crippen molar-refractivity contribution in [1.82, 2.24) is 9.47 Å². The summed E-state index contributed by atoms with van der Waals surface area (Å²) < 4.78 is 6.86. The number of hydrogen-bond donors (Lipinski definition) is 1. The normalized spacial score (nSPS) is 20.8. The molecule has 1 saturated heterocycles. The lowest BCUT2D eigenvalue weighted by Crippen LogP contribution is -2.49. The molecule has 1 fully saturated rings. The van der Waals surface area contributed by atoms with Crippen molar-refractivity contribution < 1.29 is 14.7 Å². The van der Waals surface area contributed by atoms with Gasteiger partial charge in [-0.3, -0.25) is 14.8 Å². The Kier molecular flexibility index (Phi) is 4.37. The van der Waals surface area contributed by atoms with Gasteiger partial charge in [-0.05, 0) is 36.6 Å². The number of anilines is 1. The second kappa shape index (κ2) is 6.71. The van der Waals surface area contributed by atoms with Gasteiger partial charge in [-0.2, -0.15) is 0 Å². The second-order valence-electron chi connectivity index (χ2n) is 7.04. The molecule has 2 aromatic rings. The Balaban J connectivity index is 1.64. The number of para-hydroxylation sites is 1. The molecule has 3 heterocycles. The lowest BCUT2D eigenvalue weighted by Gasteiger charge is -2.43. The van der Waals surface area contributed by atoms with Gasteiger partial charge in [0.05, 0.1) is 12.7 Å². The Bertz CT molecular complexity index is 939. The smallest absolute Gasteiger partial charge is 0.275 e. The summed E-state index contributed by atoms with van der Waals surface area (Å²) in [6.07, 6.45) is 0.884. The van der Waals surface area contributed by atoms with Gasteiger partial charge in [0.15, 0.2) is 0 Å². The third-order valence-corrected chi connectivity index (χ3v) is 5.41. The maximum Gasteiger partial charge on any atom is 0.275 e. The summed E-state index contributed by atoms with van der Waals surface area (Å²) in [4.78, 5) is 27.3. The van der Waals surface area contributed by atoms with Crippen molar-refractivity contribution in [2.45, 2.75) is 18.9 Å². The molecule has 0 unspecified atom stereocenters. The molecular weight excluding hydrogens is 350 g/mol. The molecule has 8 heteroatoms. The number of fused-ring (bicyclic) bond motifs is 4. The molecule has 0 radical (unpaired) electrons. The molecule has 0 spiro atoms. The molecule has 2 bridgehead atoms. The fraction of sp³-hybridized carbons (Fsp3) is 0.368. The van der Waals surface area contributed by atoms with Crippen molar-refractivity contribution in [3.8, 4) is 5.75 Å². The number of benzene rings is 1. The van der Waals surface area contributed by atoms with Crippen LogP contribution in [0.1, 0.15) is 28.4 Å². The van der Waals surface area contributed by atoms with Crippen LogP contribution in [0, 0.1) is 11.1 Å². The van der Waals surface area contributed by atoms with Crippen LogP contribution in [0.3, 0.4) is 0 Å². The molecule has 0 saturated carbocycles. The number of pyridine rings is 1. The predicted molar refractivity (Wildman–Crippen MR) is 98.1 cm³/mol. The summed E-state index contributed by atoms with van der Waals surface area (Å²) in [7, 11) is 1.54. The number of piperidine rings is 1. The van der Waals surface area contributed by atoms with Gasteiger partial charge in [0, 0.05) is 31.2 Å². The fourth-order valence-corrected chi connectivity index (χ4v) is 4.24. The van der Waals surface area contributed by atoms with E-state index in [4.69, 9.17) is 9.94 Å². The largest absolute Gasteiger partial charge is 0.733 e. The van der Waals surface area contributed by atoms with Crippen molar-refractivity contribution in [3.63, 3.8) is 0 Å². The first-order valence-electron chi connectivity index (χ1n) is 8.81. The van der Waals surface area contributed by atoms with E-state index in [1.807, 2.05) is 11.0 Å². The zero-order chi connectivity index (χ0) is 19.1. The van der Waals surface area contributed by atoms with Crippen LogP contribution in [0.2, 0.25) is 0 Å². The van der Waals surface area contributed by atoms with E-state index < -0.39 is 10.8 Å². The number of amides is 1. The summed E-state index contributed by atoms with van der Waals surface area (Å²) in [6, 6.07) is 10.2. The van der Waals surface area contributed by atoms with E-state index in [-0.39, 0.29) is 23.4 Å². The van der Waals surface area contributed by atoms with E-state index in [0.717, 1.165) is 12.1 Å². The van der Waals surface area contributed by atoms with Crippen molar-refractivity contribution in [2.75, 3.05) is 25.4 Å². The van der Waals surface area contributed by atoms with Crippen LogP contribution in [0.25, 0.3) is 0 Å². The summed E-state index contributed by atoms with van der Waals surface area (Å²) in [5.74, 6) is 0.576. The van der Waals surface area contributed by atoms with Gasteiger partial charge in [-0.1, -0.05) is 12.1 Å². The number of rotatable bonds is 3. The predicted octanol–water partition coefficient (Wildman–Crippen LogP) is 1.81. The van der Waals surface area contributed by atoms with Gasteiger partial charge in [-0.25, -0.2) is 0 Å². The molecule has 1 amide bonds. The number of methoxy groups -OCH3 is 1. The lowest BCUT2D eigenvalue weighted by molar-refractivity contribution is 0.0591. The fourth-order valence-electron chi connectivity index (χ4n) is 4.24. The molecule has 142 valence electrons. The highest BCUT2D eigenvalue weighted by atomic mass is 16.8. The van der Waals surface area contributed by atoms with E-state index in [1.54, 1.807) is 28.8 Å². The highest BCUT2D eigenvalue weighted by molar-refractivity contribution is 5.97. The Labute approximate surface area is 155 Å². The summed E-state index contributed by atoms with van der Waals surface area (Å²) in [6.45, 7) is 1.44. The molecule has 2 aliphatic heterocycles. The average molecular weight is 370 g/mol. The number of hydrogen-bond acceptors (Lipinski definition) is 6. The van der Waals surface area contributed by atoms with Crippen molar-refractivity contribution >= 4 is 11.6 Å². The summed E-state index contributed by atoms with van der Waals surface area (Å²) >= 11 is 0. The zero-order valence-electron chi connectivity index (χ0n) is 14.9. The Morgan fingerprint density at radius 3 is 2.74 bits per heavy atom. The van der Waals surface area contributed by atoms with Gasteiger partial charge in [0.2, 0.25) is 0 Å². The van der Waals surface area contributed by atoms with Crippen LogP contribution in [0.15, 0.2) is 41.2 Å². The van der Waals surface area contributed by atoms with Crippen LogP contribution in [-0.2, 0) is 6.54 Å². The molecule has 1 aromatic carbocycles. The zero-order valence-corrected chi connectivity index (χ0v) is 14.9. The number of likely N-dealkylation sites (tertiary alicyclic amines) is 1. The van der Waals surface area contributed by atoms with Gasteiger partial charge in [0.25, 0.3) is 11.5 Å². The minimum absolute atomic E-state index is 0.0108. The monoisotopic (exact) mass is 370 g/mol. The van der Waals surface area contributed by atoms with E-state index in [0.29, 0.717) is 30.9 Å². The number of nitrogens with zero attached hydrogens (tertiary/aromatic N) is 3. The maximum absolute atomic E-state index is 13.0. The van der Waals surface area contributed by atoms with E-state index in [2.05, 4.69) is 0 Å². The SMILES string of the molecule is COc1ccccc1C(=O)N1C[C@@H]2C[C@@H](C1)c1ccc(N([O-])O)c(=O)n1C2. The van der Waals surface area contributed by atoms with E-state index in [1.165, 1.54) is 13.2 Å². The molecular formula is C19H20N3O5-. The quantitative estimate of drug-likeness (QED) is 0.828. The lowest BCUT2D eigenvalue weighted by atomic mass is 9.83. The van der Waals surface area contributed by atoms with Gasteiger partial charge in [-0.15, -0.1) is 0 Å².